The molecule has 0 spiro atoms. The van der Waals surface area contributed by atoms with Gasteiger partial charge in [-0.15, -0.1) is 0 Å². The lowest BCUT2D eigenvalue weighted by atomic mass is 10.1. The molecule has 0 radical (unpaired) electrons. The van der Waals surface area contributed by atoms with Crippen molar-refractivity contribution in [3.05, 3.63) is 65.5 Å². The van der Waals surface area contributed by atoms with E-state index >= 15 is 0 Å². The lowest BCUT2D eigenvalue weighted by Crippen LogP contribution is -2.48. The summed E-state index contributed by atoms with van der Waals surface area (Å²) in [4.78, 5) is 18.7. The summed E-state index contributed by atoms with van der Waals surface area (Å²) in [6.07, 6.45) is 3.43. The topological polar surface area (TPSA) is 82.6 Å². The zero-order valence-corrected chi connectivity index (χ0v) is 16.9. The van der Waals surface area contributed by atoms with Gasteiger partial charge in [0.15, 0.2) is 0 Å². The van der Waals surface area contributed by atoms with E-state index < -0.39 is 10.0 Å². The van der Waals surface area contributed by atoms with Gasteiger partial charge in [-0.25, -0.2) is 8.42 Å². The van der Waals surface area contributed by atoms with E-state index in [-0.39, 0.29) is 11.7 Å². The highest BCUT2D eigenvalue weighted by Crippen LogP contribution is 2.13. The minimum absolute atomic E-state index is 0.121. The van der Waals surface area contributed by atoms with Crippen LogP contribution in [-0.2, 0) is 23.1 Å². The number of pyridine rings is 1. The van der Waals surface area contributed by atoms with Gasteiger partial charge in [0.25, 0.3) is 5.91 Å². The highest BCUT2D eigenvalue weighted by Gasteiger charge is 2.25. The van der Waals surface area contributed by atoms with Crippen LogP contribution < -0.4 is 5.32 Å². The van der Waals surface area contributed by atoms with Crippen molar-refractivity contribution in [1.82, 2.24) is 19.5 Å². The second kappa shape index (κ2) is 9.27. The summed E-state index contributed by atoms with van der Waals surface area (Å²) in [5.41, 5.74) is 2.61. The van der Waals surface area contributed by atoms with Crippen molar-refractivity contribution in [2.75, 3.05) is 31.9 Å². The number of hydrogen-bond acceptors (Lipinski definition) is 5. The van der Waals surface area contributed by atoms with Crippen LogP contribution in [0.25, 0.3) is 0 Å². The lowest BCUT2D eigenvalue weighted by molar-refractivity contribution is 0.0950. The van der Waals surface area contributed by atoms with Crippen LogP contribution in [0, 0.1) is 0 Å². The number of carbonyl (C=O) groups excluding carboxylic acids is 1. The molecule has 8 heteroatoms. The third-order valence-corrected chi connectivity index (χ3v) is 6.74. The van der Waals surface area contributed by atoms with Crippen LogP contribution in [0.2, 0.25) is 0 Å². The molecule has 28 heavy (non-hydrogen) atoms. The summed E-state index contributed by atoms with van der Waals surface area (Å²) >= 11 is 0. The molecule has 3 rings (SSSR count). The summed E-state index contributed by atoms with van der Waals surface area (Å²) in [6, 6.07) is 11.3. The van der Waals surface area contributed by atoms with Gasteiger partial charge in [0.2, 0.25) is 10.0 Å². The molecule has 0 bridgehead atoms. The van der Waals surface area contributed by atoms with Gasteiger partial charge in [0, 0.05) is 57.2 Å². The number of hydrogen-bond donors (Lipinski definition) is 1. The Morgan fingerprint density at radius 1 is 1.11 bits per heavy atom. The maximum Gasteiger partial charge on any atom is 0.251 e. The molecule has 7 nitrogen and oxygen atoms in total. The Morgan fingerprint density at radius 3 is 2.54 bits per heavy atom. The second-order valence-corrected chi connectivity index (χ2v) is 9.08. The van der Waals surface area contributed by atoms with Gasteiger partial charge in [0.05, 0.1) is 5.75 Å². The van der Waals surface area contributed by atoms with Gasteiger partial charge in [-0.1, -0.05) is 18.2 Å². The molecule has 1 aromatic heterocycles. The number of nitrogens with one attached hydrogen (secondary N) is 1. The van der Waals surface area contributed by atoms with Crippen molar-refractivity contribution in [2.45, 2.75) is 20.0 Å². The standard InChI is InChI=1S/C20H26N4O3S/c1-2-28(26,27)24-11-9-23(10-12-24)16-17-5-3-7-19(13-17)20(25)22-15-18-6-4-8-21-14-18/h3-8,13-14H,2,9-12,15-16H2,1H3,(H,22,25). The summed E-state index contributed by atoms with van der Waals surface area (Å²) in [7, 11) is -3.12. The third kappa shape index (κ3) is 5.37. The predicted molar refractivity (Wildman–Crippen MR) is 108 cm³/mol. The molecule has 1 aliphatic heterocycles. The average Bonchev–Trinajstić information content (AvgIpc) is 2.73. The molecule has 0 atom stereocenters. The molecule has 0 aliphatic carbocycles. The van der Waals surface area contributed by atoms with E-state index in [4.69, 9.17) is 0 Å². The first-order valence-electron chi connectivity index (χ1n) is 9.44. The Labute approximate surface area is 166 Å². The zero-order valence-electron chi connectivity index (χ0n) is 16.0. The van der Waals surface area contributed by atoms with Crippen LogP contribution in [0.3, 0.4) is 0 Å². The fourth-order valence-electron chi connectivity index (χ4n) is 3.20. The number of aromatic nitrogens is 1. The van der Waals surface area contributed by atoms with Gasteiger partial charge in [-0.05, 0) is 36.2 Å². The molecular formula is C20H26N4O3S. The second-order valence-electron chi connectivity index (χ2n) is 6.82. The Balaban J connectivity index is 1.54. The first kappa shape index (κ1) is 20.4. The van der Waals surface area contributed by atoms with Crippen molar-refractivity contribution >= 4 is 15.9 Å². The van der Waals surface area contributed by atoms with Crippen molar-refractivity contribution in [1.29, 1.82) is 0 Å². The Hall–Kier alpha value is -2.29. The summed E-state index contributed by atoms with van der Waals surface area (Å²) < 4.78 is 25.5. The van der Waals surface area contributed by atoms with E-state index in [9.17, 15) is 13.2 Å². The first-order chi connectivity index (χ1) is 13.5. The average molecular weight is 403 g/mol. The molecule has 1 aromatic carbocycles. The van der Waals surface area contributed by atoms with E-state index in [1.54, 1.807) is 29.7 Å². The molecular weight excluding hydrogens is 376 g/mol. The normalized spacial score (nSPS) is 16.0. The van der Waals surface area contributed by atoms with E-state index in [1.165, 1.54) is 0 Å². The molecule has 0 unspecified atom stereocenters. The fraction of sp³-hybridized carbons (Fsp3) is 0.400. The predicted octanol–water partition coefficient (Wildman–Crippen LogP) is 1.48. The van der Waals surface area contributed by atoms with Crippen molar-refractivity contribution in [3.63, 3.8) is 0 Å². The Kier molecular flexibility index (Phi) is 6.77. The molecule has 1 N–H and O–H groups in total. The monoisotopic (exact) mass is 402 g/mol. The molecule has 1 saturated heterocycles. The number of piperazine rings is 1. The highest BCUT2D eigenvalue weighted by molar-refractivity contribution is 7.89. The number of amides is 1. The van der Waals surface area contributed by atoms with E-state index in [0.29, 0.717) is 44.8 Å². The number of carbonyl (C=O) groups is 1. The van der Waals surface area contributed by atoms with E-state index in [1.807, 2.05) is 30.3 Å². The van der Waals surface area contributed by atoms with Crippen molar-refractivity contribution in [2.24, 2.45) is 0 Å². The third-order valence-electron chi connectivity index (χ3n) is 4.86. The van der Waals surface area contributed by atoms with Crippen LogP contribution in [0.1, 0.15) is 28.4 Å². The molecule has 0 saturated carbocycles. The van der Waals surface area contributed by atoms with Crippen LogP contribution in [-0.4, -0.2) is 60.4 Å². The van der Waals surface area contributed by atoms with Gasteiger partial charge >= 0.3 is 0 Å². The quantitative estimate of drug-likeness (QED) is 0.759. The van der Waals surface area contributed by atoms with Gasteiger partial charge in [-0.2, -0.15) is 4.31 Å². The van der Waals surface area contributed by atoms with E-state index in [2.05, 4.69) is 15.2 Å². The fourth-order valence-corrected chi connectivity index (χ4v) is 4.29. The summed E-state index contributed by atoms with van der Waals surface area (Å²) in [6.45, 7) is 5.22. The van der Waals surface area contributed by atoms with Crippen LogP contribution in [0.4, 0.5) is 0 Å². The van der Waals surface area contributed by atoms with Crippen molar-refractivity contribution < 1.29 is 13.2 Å². The van der Waals surface area contributed by atoms with E-state index in [0.717, 1.165) is 11.1 Å². The van der Waals surface area contributed by atoms with Crippen molar-refractivity contribution in [3.8, 4) is 0 Å². The summed E-state index contributed by atoms with van der Waals surface area (Å²) in [5, 5.41) is 2.91. The first-order valence-corrected chi connectivity index (χ1v) is 11.0. The Bertz CT molecular complexity index is 895. The number of sulfonamides is 1. The molecule has 1 aliphatic rings. The molecule has 150 valence electrons. The minimum Gasteiger partial charge on any atom is -0.348 e. The number of nitrogens with zero attached hydrogens (tertiary/aromatic N) is 3. The molecule has 1 fully saturated rings. The Morgan fingerprint density at radius 2 is 1.86 bits per heavy atom. The molecule has 1 amide bonds. The minimum atomic E-state index is -3.12. The van der Waals surface area contributed by atoms with Gasteiger partial charge in [-0.3, -0.25) is 14.7 Å². The SMILES string of the molecule is CCS(=O)(=O)N1CCN(Cc2cccc(C(=O)NCc3cccnc3)c2)CC1. The molecule has 2 heterocycles. The van der Waals surface area contributed by atoms with Crippen LogP contribution in [0.5, 0.6) is 0 Å². The van der Waals surface area contributed by atoms with Gasteiger partial charge < -0.3 is 5.32 Å². The lowest BCUT2D eigenvalue weighted by Gasteiger charge is -2.33. The highest BCUT2D eigenvalue weighted by atomic mass is 32.2. The number of rotatable bonds is 7. The summed E-state index contributed by atoms with van der Waals surface area (Å²) in [5.74, 6) is 0.0213. The van der Waals surface area contributed by atoms with Crippen LogP contribution >= 0.6 is 0 Å². The zero-order chi connectivity index (χ0) is 20.0. The largest absolute Gasteiger partial charge is 0.348 e. The number of benzene rings is 1. The van der Waals surface area contributed by atoms with Gasteiger partial charge in [0.1, 0.15) is 0 Å². The molecule has 2 aromatic rings. The van der Waals surface area contributed by atoms with Crippen LogP contribution in [0.15, 0.2) is 48.8 Å². The maximum atomic E-state index is 12.4. The maximum absolute atomic E-state index is 12.4. The smallest absolute Gasteiger partial charge is 0.251 e.